The average molecular weight is 407 g/mol. The van der Waals surface area contributed by atoms with E-state index >= 15 is 0 Å². The number of hydrogen-bond donors (Lipinski definition) is 0. The fourth-order valence-corrected chi connectivity index (χ4v) is 3.43. The number of carbonyl (C=O) groups is 2. The van der Waals surface area contributed by atoms with E-state index < -0.39 is 6.04 Å². The van der Waals surface area contributed by atoms with Crippen LogP contribution < -0.4 is 5.56 Å². The summed E-state index contributed by atoms with van der Waals surface area (Å²) in [6.45, 7) is 3.23. The normalized spacial score (nSPS) is 15.1. The Morgan fingerprint density at radius 2 is 1.70 bits per heavy atom. The number of carbonyl (C=O) groups excluding carboxylic acids is 2. The van der Waals surface area contributed by atoms with Gasteiger partial charge in [-0.05, 0) is 37.3 Å². The van der Waals surface area contributed by atoms with Crippen molar-refractivity contribution in [2.45, 2.75) is 13.0 Å². The lowest BCUT2D eigenvalue weighted by molar-refractivity contribution is -0.136. The molecule has 154 valence electrons. The van der Waals surface area contributed by atoms with Crippen LogP contribution in [0, 0.1) is 0 Å². The molecular weight excluding hydrogens is 386 g/mol. The maximum atomic E-state index is 13.0. The minimum Gasteiger partial charge on any atom is -0.459 e. The standard InChI is InChI=1S/C21H21N5O4/c1-15(26-19(27)5-4-17(23-26)16-6-8-22-9-7-16)20(28)24-10-12-25(13-11-24)21(29)18-3-2-14-30-18/h2-9,14-15H,10-13H2,1H3. The van der Waals surface area contributed by atoms with Crippen molar-refractivity contribution >= 4 is 11.8 Å². The quantitative estimate of drug-likeness (QED) is 0.649. The molecule has 3 aromatic heterocycles. The van der Waals surface area contributed by atoms with Crippen LogP contribution in [0.3, 0.4) is 0 Å². The molecule has 4 rings (SSSR count). The van der Waals surface area contributed by atoms with Crippen molar-refractivity contribution in [1.29, 1.82) is 0 Å². The number of pyridine rings is 1. The minimum atomic E-state index is -0.758. The van der Waals surface area contributed by atoms with Crippen LogP contribution in [-0.4, -0.2) is 62.6 Å². The second-order valence-electron chi connectivity index (χ2n) is 7.01. The highest BCUT2D eigenvalue weighted by atomic mass is 16.3. The fraction of sp³-hybridized carbons (Fsp3) is 0.286. The first-order valence-electron chi connectivity index (χ1n) is 9.66. The summed E-state index contributed by atoms with van der Waals surface area (Å²) in [5, 5.41) is 4.39. The molecule has 0 radical (unpaired) electrons. The van der Waals surface area contributed by atoms with Crippen LogP contribution >= 0.6 is 0 Å². The lowest BCUT2D eigenvalue weighted by atomic mass is 10.2. The Balaban J connectivity index is 1.45. The molecule has 0 aromatic carbocycles. The molecular formula is C21H21N5O4. The van der Waals surface area contributed by atoms with Crippen LogP contribution in [-0.2, 0) is 4.79 Å². The monoisotopic (exact) mass is 407 g/mol. The molecule has 1 atom stereocenters. The Hall–Kier alpha value is -3.75. The van der Waals surface area contributed by atoms with Gasteiger partial charge in [0, 0.05) is 50.2 Å². The number of rotatable bonds is 4. The van der Waals surface area contributed by atoms with Crippen molar-refractivity contribution in [3.8, 4) is 11.3 Å². The molecule has 0 spiro atoms. The van der Waals surface area contributed by atoms with Crippen molar-refractivity contribution in [2.24, 2.45) is 0 Å². The van der Waals surface area contributed by atoms with Gasteiger partial charge >= 0.3 is 0 Å². The van der Waals surface area contributed by atoms with Crippen molar-refractivity contribution in [3.05, 3.63) is 71.2 Å². The largest absolute Gasteiger partial charge is 0.459 e. The van der Waals surface area contributed by atoms with Gasteiger partial charge in [-0.25, -0.2) is 4.68 Å². The van der Waals surface area contributed by atoms with Gasteiger partial charge in [0.15, 0.2) is 5.76 Å². The van der Waals surface area contributed by atoms with Crippen molar-refractivity contribution in [2.75, 3.05) is 26.2 Å². The maximum Gasteiger partial charge on any atom is 0.289 e. The zero-order chi connectivity index (χ0) is 21.1. The van der Waals surface area contributed by atoms with Gasteiger partial charge in [0.25, 0.3) is 11.5 Å². The Kier molecular flexibility index (Phi) is 5.42. The number of piperazine rings is 1. The molecule has 0 N–H and O–H groups in total. The van der Waals surface area contributed by atoms with E-state index in [-0.39, 0.29) is 23.1 Å². The Morgan fingerprint density at radius 1 is 1.00 bits per heavy atom. The van der Waals surface area contributed by atoms with Crippen LogP contribution in [0.25, 0.3) is 11.3 Å². The molecule has 0 aliphatic carbocycles. The first kappa shape index (κ1) is 19.6. The Morgan fingerprint density at radius 3 is 2.37 bits per heavy atom. The van der Waals surface area contributed by atoms with E-state index in [0.717, 1.165) is 5.56 Å². The Bertz CT molecular complexity index is 1090. The highest BCUT2D eigenvalue weighted by molar-refractivity contribution is 5.91. The van der Waals surface area contributed by atoms with Gasteiger partial charge in [0.1, 0.15) is 6.04 Å². The van der Waals surface area contributed by atoms with Gasteiger partial charge in [0.05, 0.1) is 12.0 Å². The number of hydrogen-bond acceptors (Lipinski definition) is 6. The molecule has 0 saturated carbocycles. The van der Waals surface area contributed by atoms with Gasteiger partial charge in [-0.15, -0.1) is 0 Å². The van der Waals surface area contributed by atoms with Gasteiger partial charge in [-0.3, -0.25) is 19.4 Å². The first-order valence-corrected chi connectivity index (χ1v) is 9.66. The van der Waals surface area contributed by atoms with Crippen molar-refractivity contribution in [3.63, 3.8) is 0 Å². The summed E-state index contributed by atoms with van der Waals surface area (Å²) in [7, 11) is 0. The highest BCUT2D eigenvalue weighted by Crippen LogP contribution is 2.16. The highest BCUT2D eigenvalue weighted by Gasteiger charge is 2.29. The molecule has 4 heterocycles. The van der Waals surface area contributed by atoms with E-state index in [9.17, 15) is 14.4 Å². The minimum absolute atomic E-state index is 0.192. The summed E-state index contributed by atoms with van der Waals surface area (Å²) < 4.78 is 6.36. The van der Waals surface area contributed by atoms with Gasteiger partial charge in [-0.1, -0.05) is 0 Å². The zero-order valence-corrected chi connectivity index (χ0v) is 16.5. The predicted octanol–water partition coefficient (Wildman–Crippen LogP) is 1.44. The van der Waals surface area contributed by atoms with Crippen LogP contribution in [0.5, 0.6) is 0 Å². The van der Waals surface area contributed by atoms with E-state index in [4.69, 9.17) is 4.42 Å². The summed E-state index contributed by atoms with van der Waals surface area (Å²) in [5.74, 6) is -0.114. The molecule has 1 aliphatic heterocycles. The average Bonchev–Trinajstić information content (AvgIpc) is 3.34. The summed E-state index contributed by atoms with van der Waals surface area (Å²) in [5.41, 5.74) is 1.05. The van der Waals surface area contributed by atoms with Crippen molar-refractivity contribution in [1.82, 2.24) is 24.6 Å². The fourth-order valence-electron chi connectivity index (χ4n) is 3.43. The Labute approximate surface area is 172 Å². The molecule has 2 amide bonds. The topological polar surface area (TPSA) is 102 Å². The molecule has 1 unspecified atom stereocenters. The SMILES string of the molecule is CC(C(=O)N1CCN(C(=O)c2ccco2)CC1)n1nc(-c2ccncc2)ccc1=O. The van der Waals surface area contributed by atoms with Crippen LogP contribution in [0.4, 0.5) is 0 Å². The summed E-state index contributed by atoms with van der Waals surface area (Å²) in [4.78, 5) is 45.0. The third kappa shape index (κ3) is 3.86. The van der Waals surface area contributed by atoms with Gasteiger partial charge in [-0.2, -0.15) is 5.10 Å². The first-order chi connectivity index (χ1) is 14.5. The molecule has 1 aliphatic rings. The van der Waals surface area contributed by atoms with E-state index in [2.05, 4.69) is 10.1 Å². The van der Waals surface area contributed by atoms with E-state index in [1.165, 1.54) is 17.0 Å². The molecule has 9 nitrogen and oxygen atoms in total. The van der Waals surface area contributed by atoms with Crippen LogP contribution in [0.2, 0.25) is 0 Å². The molecule has 1 fully saturated rings. The second-order valence-corrected chi connectivity index (χ2v) is 7.01. The van der Waals surface area contributed by atoms with E-state index in [0.29, 0.717) is 31.9 Å². The summed E-state index contributed by atoms with van der Waals surface area (Å²) in [6, 6.07) is 9.15. The molecule has 30 heavy (non-hydrogen) atoms. The lowest BCUT2D eigenvalue weighted by Crippen LogP contribution is -2.52. The molecule has 3 aromatic rings. The number of amides is 2. The van der Waals surface area contributed by atoms with Gasteiger partial charge in [0.2, 0.25) is 5.91 Å². The smallest absolute Gasteiger partial charge is 0.289 e. The predicted molar refractivity (Wildman–Crippen MR) is 108 cm³/mol. The summed E-state index contributed by atoms with van der Waals surface area (Å²) in [6.07, 6.45) is 4.74. The van der Waals surface area contributed by atoms with E-state index in [1.54, 1.807) is 59.4 Å². The number of furan rings is 1. The zero-order valence-electron chi connectivity index (χ0n) is 16.5. The molecule has 0 bridgehead atoms. The number of nitrogens with zero attached hydrogens (tertiary/aromatic N) is 5. The second kappa shape index (κ2) is 8.32. The van der Waals surface area contributed by atoms with E-state index in [1.807, 2.05) is 0 Å². The lowest BCUT2D eigenvalue weighted by Gasteiger charge is -2.35. The van der Waals surface area contributed by atoms with Crippen LogP contribution in [0.1, 0.15) is 23.5 Å². The maximum absolute atomic E-state index is 13.0. The third-order valence-corrected chi connectivity index (χ3v) is 5.14. The van der Waals surface area contributed by atoms with Crippen LogP contribution in [0.15, 0.2) is 64.3 Å². The molecule has 9 heteroatoms. The summed E-state index contributed by atoms with van der Waals surface area (Å²) >= 11 is 0. The van der Waals surface area contributed by atoms with Crippen molar-refractivity contribution < 1.29 is 14.0 Å². The molecule has 1 saturated heterocycles. The third-order valence-electron chi connectivity index (χ3n) is 5.14. The van der Waals surface area contributed by atoms with Gasteiger partial charge < -0.3 is 14.2 Å². The number of aromatic nitrogens is 3.